The van der Waals surface area contributed by atoms with Crippen molar-refractivity contribution in [3.8, 4) is 22.9 Å². The van der Waals surface area contributed by atoms with Crippen LogP contribution in [0.25, 0.3) is 11.4 Å². The van der Waals surface area contributed by atoms with Crippen molar-refractivity contribution in [2.75, 3.05) is 20.8 Å². The van der Waals surface area contributed by atoms with Crippen molar-refractivity contribution in [3.63, 3.8) is 0 Å². The number of hydrogen-bond acceptors (Lipinski definition) is 6. The molecule has 1 saturated heterocycles. The number of rotatable bonds is 7. The molecule has 0 radical (unpaired) electrons. The third-order valence-electron chi connectivity index (χ3n) is 6.14. The average molecular weight is 436 g/mol. The van der Waals surface area contributed by atoms with Crippen LogP contribution < -0.4 is 9.47 Å². The van der Waals surface area contributed by atoms with Crippen LogP contribution in [0.1, 0.15) is 62.1 Å². The zero-order valence-electron chi connectivity index (χ0n) is 19.2. The number of hydrogen-bond donors (Lipinski definition) is 0. The van der Waals surface area contributed by atoms with E-state index in [2.05, 4.69) is 36.1 Å². The second-order valence-electron chi connectivity index (χ2n) is 8.47. The van der Waals surface area contributed by atoms with Gasteiger partial charge in [-0.2, -0.15) is 4.98 Å². The van der Waals surface area contributed by atoms with Crippen LogP contribution in [-0.4, -0.2) is 41.7 Å². The molecular formula is C25H29N3O4. The molecule has 168 valence electrons. The topological polar surface area (TPSA) is 77.7 Å². The van der Waals surface area contributed by atoms with Gasteiger partial charge in [0.2, 0.25) is 17.6 Å². The molecule has 2 unspecified atom stereocenters. The molecule has 7 heteroatoms. The molecule has 0 aliphatic carbocycles. The van der Waals surface area contributed by atoms with Crippen LogP contribution in [0.3, 0.4) is 0 Å². The Bertz CT molecular complexity index is 1090. The fourth-order valence-corrected chi connectivity index (χ4v) is 4.10. The predicted octanol–water partition coefficient (Wildman–Crippen LogP) is 4.95. The van der Waals surface area contributed by atoms with Gasteiger partial charge in [-0.25, -0.2) is 0 Å². The van der Waals surface area contributed by atoms with Gasteiger partial charge in [0.05, 0.1) is 26.2 Å². The Hall–Kier alpha value is -3.35. The number of carbonyl (C=O) groups excluding carboxylic acids is 1. The van der Waals surface area contributed by atoms with E-state index in [1.165, 1.54) is 5.56 Å². The Morgan fingerprint density at radius 2 is 1.69 bits per heavy atom. The monoisotopic (exact) mass is 435 g/mol. The molecule has 2 heterocycles. The van der Waals surface area contributed by atoms with Crippen LogP contribution in [-0.2, 0) is 4.79 Å². The quantitative estimate of drug-likeness (QED) is 0.522. The van der Waals surface area contributed by atoms with Gasteiger partial charge in [-0.05, 0) is 36.1 Å². The van der Waals surface area contributed by atoms with Gasteiger partial charge in [-0.15, -0.1) is 0 Å². The van der Waals surface area contributed by atoms with Gasteiger partial charge in [0.25, 0.3) is 0 Å². The summed E-state index contributed by atoms with van der Waals surface area (Å²) in [6.07, 6.45) is 0.353. The lowest BCUT2D eigenvalue weighted by molar-refractivity contribution is -0.129. The lowest BCUT2D eigenvalue weighted by Gasteiger charge is -2.25. The smallest absolute Gasteiger partial charge is 0.232 e. The zero-order chi connectivity index (χ0) is 22.8. The molecule has 3 aromatic rings. The van der Waals surface area contributed by atoms with Crippen molar-refractivity contribution in [3.05, 3.63) is 59.5 Å². The largest absolute Gasteiger partial charge is 0.493 e. The van der Waals surface area contributed by atoms with Crippen molar-refractivity contribution in [2.24, 2.45) is 0 Å². The Morgan fingerprint density at radius 3 is 2.34 bits per heavy atom. The highest BCUT2D eigenvalue weighted by Crippen LogP contribution is 2.37. The van der Waals surface area contributed by atoms with Gasteiger partial charge in [-0.1, -0.05) is 49.3 Å². The van der Waals surface area contributed by atoms with Gasteiger partial charge in [0.15, 0.2) is 11.5 Å². The molecule has 1 amide bonds. The first-order chi connectivity index (χ1) is 15.4. The summed E-state index contributed by atoms with van der Waals surface area (Å²) in [5.74, 6) is 2.77. The van der Waals surface area contributed by atoms with Crippen LogP contribution in [0.15, 0.2) is 47.0 Å². The molecule has 2 atom stereocenters. The SMILES string of the molecule is COc1ccc(C(C)N2CC(c3nc(-c4ccc(C(C)C)cc4)no3)CC2=O)cc1OC. The summed E-state index contributed by atoms with van der Waals surface area (Å²) in [4.78, 5) is 19.3. The Labute approximate surface area is 188 Å². The minimum absolute atomic E-state index is 0.0679. The lowest BCUT2D eigenvalue weighted by Crippen LogP contribution is -2.28. The van der Waals surface area contributed by atoms with Gasteiger partial charge in [0, 0.05) is 18.5 Å². The van der Waals surface area contributed by atoms with E-state index in [-0.39, 0.29) is 17.9 Å². The molecule has 1 aliphatic heterocycles. The summed E-state index contributed by atoms with van der Waals surface area (Å²) < 4.78 is 16.3. The first-order valence-corrected chi connectivity index (χ1v) is 10.9. The van der Waals surface area contributed by atoms with E-state index in [1.807, 2.05) is 42.2 Å². The number of nitrogens with zero attached hydrogens (tertiary/aromatic N) is 3. The number of carbonyl (C=O) groups is 1. The molecule has 1 aliphatic rings. The third-order valence-corrected chi connectivity index (χ3v) is 6.14. The maximum absolute atomic E-state index is 12.8. The van der Waals surface area contributed by atoms with Gasteiger partial charge < -0.3 is 18.9 Å². The minimum Gasteiger partial charge on any atom is -0.493 e. The van der Waals surface area contributed by atoms with Gasteiger partial charge in [-0.3, -0.25) is 4.79 Å². The number of aromatic nitrogens is 2. The summed E-state index contributed by atoms with van der Waals surface area (Å²) in [6.45, 7) is 6.86. The summed E-state index contributed by atoms with van der Waals surface area (Å²) in [6, 6.07) is 13.8. The molecule has 1 fully saturated rings. The molecule has 4 rings (SSSR count). The van der Waals surface area contributed by atoms with Crippen LogP contribution in [0, 0.1) is 0 Å². The van der Waals surface area contributed by atoms with E-state index in [4.69, 9.17) is 14.0 Å². The minimum atomic E-state index is -0.124. The molecule has 0 spiro atoms. The highest BCUT2D eigenvalue weighted by molar-refractivity contribution is 5.80. The molecule has 0 N–H and O–H groups in total. The number of benzene rings is 2. The number of amides is 1. The highest BCUT2D eigenvalue weighted by atomic mass is 16.5. The van der Waals surface area contributed by atoms with E-state index in [9.17, 15) is 4.79 Å². The molecule has 1 aromatic heterocycles. The molecule has 32 heavy (non-hydrogen) atoms. The molecule has 2 aromatic carbocycles. The van der Waals surface area contributed by atoms with Crippen molar-refractivity contribution in [1.29, 1.82) is 0 Å². The van der Waals surface area contributed by atoms with E-state index in [0.29, 0.717) is 42.1 Å². The number of ether oxygens (including phenoxy) is 2. The van der Waals surface area contributed by atoms with E-state index >= 15 is 0 Å². The molecule has 0 bridgehead atoms. The van der Waals surface area contributed by atoms with E-state index in [0.717, 1.165) is 11.1 Å². The van der Waals surface area contributed by atoms with Crippen molar-refractivity contribution >= 4 is 5.91 Å². The second-order valence-corrected chi connectivity index (χ2v) is 8.47. The zero-order valence-corrected chi connectivity index (χ0v) is 19.2. The molecular weight excluding hydrogens is 406 g/mol. The Balaban J connectivity index is 1.49. The number of methoxy groups -OCH3 is 2. The average Bonchev–Trinajstić information content (AvgIpc) is 3.45. The first kappa shape index (κ1) is 21.9. The fourth-order valence-electron chi connectivity index (χ4n) is 4.10. The summed E-state index contributed by atoms with van der Waals surface area (Å²) in [7, 11) is 3.21. The summed E-state index contributed by atoms with van der Waals surface area (Å²) in [5.41, 5.74) is 3.15. The fraction of sp³-hybridized carbons (Fsp3) is 0.400. The van der Waals surface area contributed by atoms with E-state index in [1.54, 1.807) is 14.2 Å². The second kappa shape index (κ2) is 9.02. The van der Waals surface area contributed by atoms with Crippen LogP contribution in [0.4, 0.5) is 0 Å². The first-order valence-electron chi connectivity index (χ1n) is 10.9. The Morgan fingerprint density at radius 1 is 1.00 bits per heavy atom. The highest BCUT2D eigenvalue weighted by Gasteiger charge is 2.37. The predicted molar refractivity (Wildman–Crippen MR) is 121 cm³/mol. The number of likely N-dealkylation sites (tertiary alicyclic amines) is 1. The van der Waals surface area contributed by atoms with Crippen LogP contribution in [0.5, 0.6) is 11.5 Å². The van der Waals surface area contributed by atoms with Crippen LogP contribution in [0.2, 0.25) is 0 Å². The Kier molecular flexibility index (Phi) is 6.17. The third kappa shape index (κ3) is 4.20. The van der Waals surface area contributed by atoms with Crippen LogP contribution >= 0.6 is 0 Å². The van der Waals surface area contributed by atoms with Gasteiger partial charge >= 0.3 is 0 Å². The standard InChI is InChI=1S/C25H29N3O4/c1-15(2)17-6-8-18(9-7-17)24-26-25(32-27-24)20-13-23(29)28(14-20)16(3)19-10-11-21(30-4)22(12-19)31-5/h6-12,15-16,20H,13-14H2,1-5H3. The molecule has 0 saturated carbocycles. The summed E-state index contributed by atoms with van der Waals surface area (Å²) in [5, 5.41) is 4.15. The van der Waals surface area contributed by atoms with Crippen molar-refractivity contribution < 1.29 is 18.8 Å². The van der Waals surface area contributed by atoms with Crippen molar-refractivity contribution in [1.82, 2.24) is 15.0 Å². The maximum Gasteiger partial charge on any atom is 0.232 e. The maximum atomic E-state index is 12.8. The normalized spacial score (nSPS) is 17.1. The summed E-state index contributed by atoms with van der Waals surface area (Å²) >= 11 is 0. The molecule has 7 nitrogen and oxygen atoms in total. The van der Waals surface area contributed by atoms with Gasteiger partial charge in [0.1, 0.15) is 0 Å². The van der Waals surface area contributed by atoms with Crippen molar-refractivity contribution in [2.45, 2.75) is 45.1 Å². The van der Waals surface area contributed by atoms with E-state index < -0.39 is 0 Å². The lowest BCUT2D eigenvalue weighted by atomic mass is 10.0.